The second-order valence-electron chi connectivity index (χ2n) is 7.71. The summed E-state index contributed by atoms with van der Waals surface area (Å²) < 4.78 is 1.96. The number of carbonyl (C=O) groups is 2. The molecule has 152 valence electrons. The Morgan fingerprint density at radius 1 is 1.10 bits per heavy atom. The van der Waals surface area contributed by atoms with Gasteiger partial charge in [0.1, 0.15) is 11.7 Å². The molecule has 2 heterocycles. The van der Waals surface area contributed by atoms with Crippen molar-refractivity contribution in [1.29, 1.82) is 0 Å². The zero-order valence-electron chi connectivity index (χ0n) is 17.2. The van der Waals surface area contributed by atoms with E-state index < -0.39 is 6.04 Å². The zero-order chi connectivity index (χ0) is 20.8. The van der Waals surface area contributed by atoms with Gasteiger partial charge in [0.15, 0.2) is 0 Å². The highest BCUT2D eigenvalue weighted by Crippen LogP contribution is 2.10. The van der Waals surface area contributed by atoms with Gasteiger partial charge in [-0.3, -0.25) is 9.59 Å². The molecule has 0 spiro atoms. The van der Waals surface area contributed by atoms with Crippen LogP contribution in [-0.4, -0.2) is 33.8 Å². The summed E-state index contributed by atoms with van der Waals surface area (Å²) in [5.74, 6) is -0.102. The molecule has 3 aromatic rings. The van der Waals surface area contributed by atoms with Crippen molar-refractivity contribution in [2.45, 2.75) is 39.7 Å². The van der Waals surface area contributed by atoms with E-state index in [1.54, 1.807) is 6.07 Å². The molecule has 0 radical (unpaired) electrons. The third-order valence-corrected chi connectivity index (χ3v) is 4.81. The molecule has 6 nitrogen and oxygen atoms in total. The third kappa shape index (κ3) is 5.44. The van der Waals surface area contributed by atoms with Gasteiger partial charge in [0.05, 0.1) is 5.69 Å². The van der Waals surface area contributed by atoms with Gasteiger partial charge in [-0.25, -0.2) is 4.98 Å². The maximum Gasteiger partial charge on any atom is 0.252 e. The first-order chi connectivity index (χ1) is 13.9. The summed E-state index contributed by atoms with van der Waals surface area (Å²) in [7, 11) is 0. The lowest BCUT2D eigenvalue weighted by Gasteiger charge is -2.20. The summed E-state index contributed by atoms with van der Waals surface area (Å²) in [5.41, 5.74) is 3.29. The van der Waals surface area contributed by atoms with Gasteiger partial charge >= 0.3 is 0 Å². The van der Waals surface area contributed by atoms with Gasteiger partial charge in [-0.1, -0.05) is 38.1 Å². The smallest absolute Gasteiger partial charge is 0.252 e. The molecule has 0 unspecified atom stereocenters. The summed E-state index contributed by atoms with van der Waals surface area (Å²) in [5, 5.41) is 5.85. The maximum absolute atomic E-state index is 12.7. The zero-order valence-corrected chi connectivity index (χ0v) is 17.2. The van der Waals surface area contributed by atoms with E-state index in [0.717, 1.165) is 16.9 Å². The SMILES string of the molecule is Cc1ccccc1C(=O)N[C@H](CC(C)C)C(=O)NCCc1cn2ccccc2n1. The fourth-order valence-electron chi connectivity index (χ4n) is 3.31. The number of benzene rings is 1. The lowest BCUT2D eigenvalue weighted by molar-refractivity contribution is -0.123. The van der Waals surface area contributed by atoms with Gasteiger partial charge in [-0.05, 0) is 43.0 Å². The Morgan fingerprint density at radius 2 is 1.86 bits per heavy atom. The number of rotatable bonds is 8. The monoisotopic (exact) mass is 392 g/mol. The lowest BCUT2D eigenvalue weighted by atomic mass is 10.0. The van der Waals surface area contributed by atoms with E-state index in [4.69, 9.17) is 0 Å². The van der Waals surface area contributed by atoms with Gasteiger partial charge in [0, 0.05) is 30.9 Å². The minimum absolute atomic E-state index is 0.163. The number of carbonyl (C=O) groups excluding carboxylic acids is 2. The van der Waals surface area contributed by atoms with E-state index >= 15 is 0 Å². The van der Waals surface area contributed by atoms with Crippen LogP contribution < -0.4 is 10.6 Å². The molecule has 2 N–H and O–H groups in total. The Hall–Kier alpha value is -3.15. The van der Waals surface area contributed by atoms with Gasteiger partial charge in [0.2, 0.25) is 5.91 Å². The largest absolute Gasteiger partial charge is 0.354 e. The van der Waals surface area contributed by atoms with Crippen LogP contribution in [0.3, 0.4) is 0 Å². The standard InChI is InChI=1S/C23H28N4O2/c1-16(2)14-20(26-22(28)19-9-5-4-8-17(19)3)23(29)24-12-11-18-15-27-13-7-6-10-21(27)25-18/h4-10,13,15-16,20H,11-12,14H2,1-3H3,(H,24,29)(H,26,28)/t20-/m1/s1. The van der Waals surface area contributed by atoms with Crippen LogP contribution in [0.4, 0.5) is 0 Å². The number of pyridine rings is 1. The Kier molecular flexibility index (Phi) is 6.65. The van der Waals surface area contributed by atoms with Crippen LogP contribution in [0.25, 0.3) is 5.65 Å². The van der Waals surface area contributed by atoms with Crippen molar-refractivity contribution in [2.24, 2.45) is 5.92 Å². The van der Waals surface area contributed by atoms with Crippen molar-refractivity contribution in [1.82, 2.24) is 20.0 Å². The van der Waals surface area contributed by atoms with E-state index in [1.807, 2.05) is 74.0 Å². The molecule has 0 bridgehead atoms. The predicted octanol–water partition coefficient (Wildman–Crippen LogP) is 3.15. The molecule has 29 heavy (non-hydrogen) atoms. The minimum atomic E-state index is -0.567. The molecule has 6 heteroatoms. The van der Waals surface area contributed by atoms with Gasteiger partial charge in [0.25, 0.3) is 5.91 Å². The summed E-state index contributed by atoms with van der Waals surface area (Å²) in [6, 6.07) is 12.7. The van der Waals surface area contributed by atoms with E-state index in [-0.39, 0.29) is 17.7 Å². The number of imidazole rings is 1. The summed E-state index contributed by atoms with van der Waals surface area (Å²) in [6.45, 7) is 6.44. The van der Waals surface area contributed by atoms with Crippen LogP contribution in [0.2, 0.25) is 0 Å². The van der Waals surface area contributed by atoms with Crippen molar-refractivity contribution < 1.29 is 9.59 Å². The van der Waals surface area contributed by atoms with Crippen LogP contribution in [-0.2, 0) is 11.2 Å². The number of aryl methyl sites for hydroxylation is 1. The van der Waals surface area contributed by atoms with Crippen LogP contribution in [0, 0.1) is 12.8 Å². The average molecular weight is 393 g/mol. The normalized spacial score (nSPS) is 12.1. The van der Waals surface area contributed by atoms with Crippen molar-refractivity contribution in [3.8, 4) is 0 Å². The highest BCUT2D eigenvalue weighted by molar-refractivity contribution is 5.98. The first-order valence-electron chi connectivity index (χ1n) is 10.0. The molecular weight excluding hydrogens is 364 g/mol. The van der Waals surface area contributed by atoms with Crippen LogP contribution in [0.5, 0.6) is 0 Å². The Bertz CT molecular complexity index is 960. The van der Waals surface area contributed by atoms with E-state index in [9.17, 15) is 9.59 Å². The summed E-state index contributed by atoms with van der Waals surface area (Å²) in [4.78, 5) is 29.9. The second kappa shape index (κ2) is 9.37. The fraction of sp³-hybridized carbons (Fsp3) is 0.348. The first kappa shape index (κ1) is 20.6. The number of amides is 2. The number of nitrogens with one attached hydrogen (secondary N) is 2. The molecule has 0 saturated heterocycles. The van der Waals surface area contributed by atoms with Crippen LogP contribution in [0.15, 0.2) is 54.9 Å². The van der Waals surface area contributed by atoms with Gasteiger partial charge in [-0.2, -0.15) is 0 Å². The topological polar surface area (TPSA) is 75.5 Å². The van der Waals surface area contributed by atoms with Crippen molar-refractivity contribution in [3.63, 3.8) is 0 Å². The Balaban J connectivity index is 1.59. The van der Waals surface area contributed by atoms with Crippen molar-refractivity contribution in [3.05, 3.63) is 71.7 Å². The van der Waals surface area contributed by atoms with Crippen molar-refractivity contribution in [2.75, 3.05) is 6.54 Å². The molecule has 1 aromatic carbocycles. The molecule has 1 atom stereocenters. The van der Waals surface area contributed by atoms with Gasteiger partial charge < -0.3 is 15.0 Å². The van der Waals surface area contributed by atoms with Crippen LogP contribution in [0.1, 0.15) is 41.9 Å². The van der Waals surface area contributed by atoms with E-state index in [1.165, 1.54) is 0 Å². The highest BCUT2D eigenvalue weighted by Gasteiger charge is 2.23. The number of hydrogen-bond acceptors (Lipinski definition) is 3. The third-order valence-electron chi connectivity index (χ3n) is 4.81. The number of aromatic nitrogens is 2. The second-order valence-corrected chi connectivity index (χ2v) is 7.71. The van der Waals surface area contributed by atoms with E-state index in [2.05, 4.69) is 15.6 Å². The fourth-order valence-corrected chi connectivity index (χ4v) is 3.31. The summed E-state index contributed by atoms with van der Waals surface area (Å²) >= 11 is 0. The molecule has 0 aliphatic heterocycles. The molecule has 2 amide bonds. The molecular formula is C23H28N4O2. The number of fused-ring (bicyclic) bond motifs is 1. The summed E-state index contributed by atoms with van der Waals surface area (Å²) in [6.07, 6.45) is 5.13. The quantitative estimate of drug-likeness (QED) is 0.618. The molecule has 3 rings (SSSR count). The molecule has 0 aliphatic carbocycles. The lowest BCUT2D eigenvalue weighted by Crippen LogP contribution is -2.48. The first-order valence-corrected chi connectivity index (χ1v) is 10.0. The van der Waals surface area contributed by atoms with Gasteiger partial charge in [-0.15, -0.1) is 0 Å². The number of hydrogen-bond donors (Lipinski definition) is 2. The van der Waals surface area contributed by atoms with Crippen molar-refractivity contribution >= 4 is 17.5 Å². The molecule has 0 aliphatic rings. The highest BCUT2D eigenvalue weighted by atomic mass is 16.2. The number of nitrogens with zero attached hydrogens (tertiary/aromatic N) is 2. The maximum atomic E-state index is 12.7. The predicted molar refractivity (Wildman–Crippen MR) is 114 cm³/mol. The Labute approximate surface area is 171 Å². The molecule has 0 saturated carbocycles. The molecule has 0 fully saturated rings. The van der Waals surface area contributed by atoms with Crippen LogP contribution >= 0.6 is 0 Å². The minimum Gasteiger partial charge on any atom is -0.354 e. The average Bonchev–Trinajstić information content (AvgIpc) is 3.10. The Morgan fingerprint density at radius 3 is 2.59 bits per heavy atom. The molecule has 2 aromatic heterocycles. The van der Waals surface area contributed by atoms with E-state index in [0.29, 0.717) is 24.9 Å².